The van der Waals surface area contributed by atoms with Crippen molar-refractivity contribution in [2.24, 2.45) is 15.0 Å². The summed E-state index contributed by atoms with van der Waals surface area (Å²) in [6, 6.07) is 17.2. The maximum absolute atomic E-state index is 12.0. The maximum Gasteiger partial charge on any atom is 0.224 e. The molecule has 1 N–H and O–H groups in total. The standard InChI is InChI=1S/C28H28Cl3N3O/c1-16-10-7-11-17(2)22(16)32-25(29)28(35,26(30)33-23-18(3)12-8-13-19(23)4)27(31)34-24-20(5)14-9-15-21(24)6/h7-15,35H,1-6H3. The summed E-state index contributed by atoms with van der Waals surface area (Å²) in [4.78, 5) is 13.6. The third-order valence-electron chi connectivity index (χ3n) is 5.84. The topological polar surface area (TPSA) is 57.3 Å². The molecule has 4 nitrogen and oxygen atoms in total. The van der Waals surface area contributed by atoms with E-state index in [4.69, 9.17) is 34.8 Å². The van der Waals surface area contributed by atoms with Crippen LogP contribution in [0.1, 0.15) is 33.4 Å². The second-order valence-electron chi connectivity index (χ2n) is 8.64. The van der Waals surface area contributed by atoms with E-state index >= 15 is 0 Å². The van der Waals surface area contributed by atoms with Crippen LogP contribution in [0.5, 0.6) is 0 Å². The normalized spacial score (nSPS) is 14.7. The lowest BCUT2D eigenvalue weighted by atomic mass is 10.1. The second-order valence-corrected chi connectivity index (χ2v) is 9.71. The molecular formula is C28H28Cl3N3O. The molecule has 7 heteroatoms. The fourth-order valence-corrected chi connectivity index (χ4v) is 4.67. The van der Waals surface area contributed by atoms with Crippen LogP contribution in [-0.4, -0.2) is 26.2 Å². The number of para-hydroxylation sites is 3. The molecule has 0 aliphatic heterocycles. The molecule has 0 radical (unpaired) electrons. The molecule has 0 spiro atoms. The Morgan fingerprint density at radius 2 is 0.714 bits per heavy atom. The molecule has 3 aromatic rings. The van der Waals surface area contributed by atoms with Gasteiger partial charge in [0.25, 0.3) is 0 Å². The fourth-order valence-electron chi connectivity index (χ4n) is 3.74. The summed E-state index contributed by atoms with van der Waals surface area (Å²) < 4.78 is 0. The molecule has 3 rings (SSSR count). The maximum atomic E-state index is 12.0. The highest BCUT2D eigenvalue weighted by Gasteiger charge is 2.44. The number of benzene rings is 3. The minimum Gasteiger partial charge on any atom is -0.370 e. The van der Waals surface area contributed by atoms with E-state index in [1.165, 1.54) is 0 Å². The van der Waals surface area contributed by atoms with Crippen molar-refractivity contribution in [2.75, 3.05) is 0 Å². The summed E-state index contributed by atoms with van der Waals surface area (Å²) in [7, 11) is 0. The van der Waals surface area contributed by atoms with Gasteiger partial charge in [-0.25, -0.2) is 15.0 Å². The van der Waals surface area contributed by atoms with Crippen LogP contribution in [0.15, 0.2) is 69.6 Å². The van der Waals surface area contributed by atoms with E-state index in [0.29, 0.717) is 17.1 Å². The highest BCUT2D eigenvalue weighted by molar-refractivity contribution is 6.88. The molecule has 0 bridgehead atoms. The fraction of sp³-hybridized carbons (Fsp3) is 0.250. The van der Waals surface area contributed by atoms with Gasteiger partial charge in [-0.3, -0.25) is 0 Å². The van der Waals surface area contributed by atoms with E-state index < -0.39 is 5.60 Å². The predicted octanol–water partition coefficient (Wildman–Crippen LogP) is 8.48. The Morgan fingerprint density at radius 1 is 0.514 bits per heavy atom. The van der Waals surface area contributed by atoms with Gasteiger partial charge in [-0.1, -0.05) is 89.4 Å². The summed E-state index contributed by atoms with van der Waals surface area (Å²) in [5.74, 6) is 0. The number of rotatable bonds is 6. The Bertz CT molecular complexity index is 1140. The average molecular weight is 529 g/mol. The van der Waals surface area contributed by atoms with Gasteiger partial charge >= 0.3 is 0 Å². The van der Waals surface area contributed by atoms with E-state index in [0.717, 1.165) is 33.4 Å². The lowest BCUT2D eigenvalue weighted by molar-refractivity contribution is 0.260. The lowest BCUT2D eigenvalue weighted by Gasteiger charge is -2.25. The molecular weight excluding hydrogens is 501 g/mol. The predicted molar refractivity (Wildman–Crippen MR) is 152 cm³/mol. The molecule has 0 heterocycles. The van der Waals surface area contributed by atoms with Gasteiger partial charge in [0.15, 0.2) is 15.5 Å². The summed E-state index contributed by atoms with van der Waals surface area (Å²) in [5, 5.41) is 11.2. The number of hydrogen-bond acceptors (Lipinski definition) is 4. The van der Waals surface area contributed by atoms with Crippen LogP contribution in [-0.2, 0) is 0 Å². The van der Waals surface area contributed by atoms with Crippen LogP contribution < -0.4 is 0 Å². The van der Waals surface area contributed by atoms with Crippen LogP contribution in [0, 0.1) is 41.5 Å². The SMILES string of the molecule is Cc1cccc(C)c1N=C(Cl)C(O)(C(Cl)=Nc1c(C)cccc1C)C(Cl)=Nc1c(C)cccc1C. The van der Waals surface area contributed by atoms with Crippen molar-refractivity contribution in [2.45, 2.75) is 47.1 Å². The van der Waals surface area contributed by atoms with Crippen molar-refractivity contribution < 1.29 is 5.11 Å². The van der Waals surface area contributed by atoms with Crippen molar-refractivity contribution in [3.05, 3.63) is 88.0 Å². The van der Waals surface area contributed by atoms with E-state index in [9.17, 15) is 5.11 Å². The monoisotopic (exact) mass is 527 g/mol. The summed E-state index contributed by atoms with van der Waals surface area (Å²) in [6.07, 6.45) is 0. The van der Waals surface area contributed by atoms with Crippen molar-refractivity contribution >= 4 is 67.4 Å². The van der Waals surface area contributed by atoms with Crippen LogP contribution in [0.25, 0.3) is 0 Å². The molecule has 182 valence electrons. The van der Waals surface area contributed by atoms with Gasteiger partial charge in [0.2, 0.25) is 5.60 Å². The number of halogens is 3. The molecule has 3 aromatic carbocycles. The van der Waals surface area contributed by atoms with Crippen LogP contribution in [0.4, 0.5) is 17.1 Å². The van der Waals surface area contributed by atoms with Crippen molar-refractivity contribution in [3.63, 3.8) is 0 Å². The molecule has 0 atom stereocenters. The first kappa shape index (κ1) is 27.1. The Hall–Kier alpha value is -2.50. The molecule has 35 heavy (non-hydrogen) atoms. The van der Waals surface area contributed by atoms with Crippen molar-refractivity contribution in [3.8, 4) is 0 Å². The van der Waals surface area contributed by atoms with Gasteiger partial charge in [0.1, 0.15) is 0 Å². The van der Waals surface area contributed by atoms with E-state index in [-0.39, 0.29) is 15.5 Å². The van der Waals surface area contributed by atoms with Crippen LogP contribution in [0.2, 0.25) is 0 Å². The van der Waals surface area contributed by atoms with Gasteiger partial charge in [-0.2, -0.15) is 0 Å². The van der Waals surface area contributed by atoms with Crippen LogP contribution >= 0.6 is 34.8 Å². The van der Waals surface area contributed by atoms with Gasteiger partial charge < -0.3 is 5.11 Å². The summed E-state index contributed by atoms with van der Waals surface area (Å²) >= 11 is 20.2. The molecule has 0 aliphatic carbocycles. The molecule has 0 saturated carbocycles. The van der Waals surface area contributed by atoms with Gasteiger partial charge in [-0.05, 0) is 74.9 Å². The van der Waals surface area contributed by atoms with E-state index in [1.54, 1.807) is 0 Å². The van der Waals surface area contributed by atoms with Gasteiger partial charge in [0.05, 0.1) is 17.1 Å². The number of aliphatic hydroxyl groups is 1. The van der Waals surface area contributed by atoms with E-state index in [2.05, 4.69) is 15.0 Å². The van der Waals surface area contributed by atoms with Crippen molar-refractivity contribution in [1.29, 1.82) is 0 Å². The lowest BCUT2D eigenvalue weighted by Crippen LogP contribution is -2.47. The Balaban J connectivity index is 2.28. The van der Waals surface area contributed by atoms with Crippen molar-refractivity contribution in [1.82, 2.24) is 0 Å². The third-order valence-corrected chi connectivity index (χ3v) is 6.92. The van der Waals surface area contributed by atoms with E-state index in [1.807, 2.05) is 96.1 Å². The third kappa shape index (κ3) is 5.68. The highest BCUT2D eigenvalue weighted by atomic mass is 35.5. The summed E-state index contributed by atoms with van der Waals surface area (Å²) in [6.45, 7) is 11.5. The minimum absolute atomic E-state index is 0.255. The Labute approximate surface area is 222 Å². The molecule has 0 aromatic heterocycles. The summed E-state index contributed by atoms with van der Waals surface area (Å²) in [5.41, 5.74) is 4.90. The zero-order chi connectivity index (χ0) is 25.9. The zero-order valence-corrected chi connectivity index (χ0v) is 22.9. The minimum atomic E-state index is -2.26. The highest BCUT2D eigenvalue weighted by Crippen LogP contribution is 2.33. The zero-order valence-electron chi connectivity index (χ0n) is 20.6. The Morgan fingerprint density at radius 3 is 0.914 bits per heavy atom. The molecule has 0 fully saturated rings. The smallest absolute Gasteiger partial charge is 0.224 e. The molecule has 0 unspecified atom stereocenters. The van der Waals surface area contributed by atoms with Gasteiger partial charge in [0, 0.05) is 0 Å². The first-order valence-electron chi connectivity index (χ1n) is 11.1. The average Bonchev–Trinajstić information content (AvgIpc) is 2.80. The van der Waals surface area contributed by atoms with Gasteiger partial charge in [-0.15, -0.1) is 0 Å². The first-order valence-corrected chi connectivity index (χ1v) is 12.2. The number of nitrogens with zero attached hydrogens (tertiary/aromatic N) is 3. The number of aliphatic imine (C=N–C) groups is 3. The first-order chi connectivity index (χ1) is 16.5. The largest absolute Gasteiger partial charge is 0.370 e. The molecule has 0 amide bonds. The molecule has 0 aliphatic rings. The number of aryl methyl sites for hydroxylation is 6. The van der Waals surface area contributed by atoms with Crippen LogP contribution in [0.3, 0.4) is 0 Å². The second kappa shape index (κ2) is 11.0. The number of hydrogen-bond donors (Lipinski definition) is 1. The Kier molecular flexibility index (Phi) is 8.55. The quantitative estimate of drug-likeness (QED) is 0.320. The molecule has 0 saturated heterocycles.